The second-order valence-electron chi connectivity index (χ2n) is 31.9. The first-order chi connectivity index (χ1) is 67.5. The number of methoxy groups -OCH3 is 4. The molecule has 0 bridgehead atoms. The van der Waals surface area contributed by atoms with E-state index in [0.717, 1.165) is 190 Å². The molecule has 0 aliphatic heterocycles. The topological polar surface area (TPSA) is 358 Å². The number of H-pyrrole nitrogens is 7. The summed E-state index contributed by atoms with van der Waals surface area (Å²) in [6, 6.07) is 108. The summed E-state index contributed by atoms with van der Waals surface area (Å²) in [5, 5.41) is 33.4. The highest BCUT2D eigenvalue weighted by Gasteiger charge is 2.20. The van der Waals surface area contributed by atoms with Crippen molar-refractivity contribution in [3.8, 4) is 118 Å². The van der Waals surface area contributed by atoms with E-state index in [-0.39, 0.29) is 0 Å². The van der Waals surface area contributed by atoms with Crippen LogP contribution in [0, 0.1) is 11.3 Å². The molecule has 7 aromatic heterocycles. The van der Waals surface area contributed by atoms with Crippen molar-refractivity contribution in [2.24, 2.45) is 17.2 Å². The Balaban J connectivity index is 0.000000119. The fraction of sp³-hybridized carbons (Fsp3) is 0.0354. The Morgan fingerprint density at radius 1 is 0.309 bits per heavy atom. The van der Waals surface area contributed by atoms with Crippen LogP contribution in [0.25, 0.3) is 165 Å². The molecular weight excluding hydrogens is 2000 g/mol. The van der Waals surface area contributed by atoms with E-state index < -0.39 is 24.8 Å². The third kappa shape index (κ3) is 22.3. The molecule has 21 nitrogen and oxygen atoms in total. The van der Waals surface area contributed by atoms with Crippen LogP contribution in [0.15, 0.2) is 383 Å². The van der Waals surface area contributed by atoms with Gasteiger partial charge in [0, 0.05) is 132 Å². The van der Waals surface area contributed by atoms with Crippen molar-refractivity contribution >= 4 is 177 Å². The summed E-state index contributed by atoms with van der Waals surface area (Å²) in [6.07, 6.45) is 13.1. The number of aldehydes is 1. The molecule has 0 unspecified atom stereocenters. The van der Waals surface area contributed by atoms with E-state index >= 15 is 0 Å². The summed E-state index contributed by atoms with van der Waals surface area (Å²) in [5.41, 5.74) is 43.6. The van der Waals surface area contributed by atoms with Crippen molar-refractivity contribution in [3.63, 3.8) is 0 Å². The largest absolute Gasteiger partial charge is 0.496 e. The van der Waals surface area contributed by atoms with Gasteiger partial charge in [-0.1, -0.05) is 221 Å². The molecule has 15 N–H and O–H groups in total. The standard InChI is InChI=1S/2C23H20N2O3.C15H11BrN2O.C15H9BrN2.C15H10BrNO.C14H10BrN.C8H8BNO2/c2*1-27-20-4-3-5-21(28-2)22(20)15-8-6-14(7-9-15)16-10-11-19-17(12-16)18(13-25-19)23(24)26;16-11-4-1-9(2-5-11)10-3-6-14-12(7-10)13(8-18-14)15(17)19;16-13-4-1-10(2-5-13)11-3-6-15-14(7-11)12(8-17)9-18-15;16-13-4-1-10(2-5-13)11-3-6-15-14(7-11)12(9-18)8-17-15;15-13-4-1-10(2-5-13)11-3-6-14-12(9-11)7-8-16-14;11-9(12)7-1-2-8-6(5-7)3-4-10-8/h2*3-13,25H,1-2H3,(H2,24,26);1-8,18H,(H2,17,19);1-7,9,18H;1-9,17H;1-9,16H;1-5,10-12H. The molecule has 15 aromatic carbocycles. The van der Waals surface area contributed by atoms with Crippen molar-refractivity contribution in [2.45, 2.75) is 0 Å². The van der Waals surface area contributed by atoms with Crippen LogP contribution in [0.5, 0.6) is 23.0 Å². The molecule has 26 heteroatoms. The molecular formula is C113H88BBr4N11O10. The van der Waals surface area contributed by atoms with E-state index in [4.69, 9.17) is 51.5 Å². The SMILES string of the molecule is Brc1ccc(-c2ccc3[nH]ccc3c2)cc1.COc1cccc(OC)c1-c1ccc(-c2ccc3[nH]cc(C(N)=O)c3c2)cc1.COc1cccc(OC)c1-c1ccc(-c2ccc3[nH]cc(C(N)=O)c3c2)cc1.N#Cc1c[nH]c2ccc(-c3ccc(Br)cc3)cc12.NC(=O)c1c[nH]c2ccc(-c3ccc(Br)cc3)cc12.O=Cc1c[nH]c2ccc(-c3ccc(Br)cc3)cc12.OB(O)c1ccc2[nH]ccc2c1. The smallest absolute Gasteiger partial charge is 0.488 e. The van der Waals surface area contributed by atoms with E-state index in [0.29, 0.717) is 33.3 Å². The van der Waals surface area contributed by atoms with Crippen LogP contribution in [0.1, 0.15) is 47.0 Å². The number of benzene rings is 15. The van der Waals surface area contributed by atoms with Crippen LogP contribution < -0.4 is 41.6 Å². The van der Waals surface area contributed by atoms with Crippen LogP contribution in [0.3, 0.4) is 0 Å². The molecule has 22 aromatic rings. The lowest BCUT2D eigenvalue weighted by atomic mass is 9.80. The van der Waals surface area contributed by atoms with Gasteiger partial charge in [-0.3, -0.25) is 19.2 Å². The van der Waals surface area contributed by atoms with E-state index in [2.05, 4.69) is 190 Å². The Morgan fingerprint density at radius 3 is 0.899 bits per heavy atom. The van der Waals surface area contributed by atoms with Gasteiger partial charge in [0.25, 0.3) is 17.7 Å². The number of primary amides is 3. The van der Waals surface area contributed by atoms with Crippen molar-refractivity contribution in [1.82, 2.24) is 34.9 Å². The monoisotopic (exact) mass is 2090 g/mol. The number of halogens is 4. The zero-order valence-electron chi connectivity index (χ0n) is 75.1. The van der Waals surface area contributed by atoms with Gasteiger partial charge in [0.15, 0.2) is 6.29 Å². The van der Waals surface area contributed by atoms with E-state index in [1.807, 2.05) is 237 Å². The Bertz CT molecular complexity index is 7990. The number of nitrogens with one attached hydrogen (secondary N) is 7. The Labute approximate surface area is 832 Å². The lowest BCUT2D eigenvalue weighted by molar-refractivity contribution is 0.0993. The maximum absolute atomic E-state index is 11.6. The number of rotatable bonds is 17. The third-order valence-corrected chi connectivity index (χ3v) is 25.6. The first kappa shape index (κ1) is 95.9. The van der Waals surface area contributed by atoms with Gasteiger partial charge in [-0.15, -0.1) is 0 Å². The first-order valence-corrected chi connectivity index (χ1v) is 46.7. The zero-order chi connectivity index (χ0) is 97.3. The number of aromatic nitrogens is 7. The molecule has 0 fully saturated rings. The second kappa shape index (κ2) is 44.1. The summed E-state index contributed by atoms with van der Waals surface area (Å²) >= 11 is 13.7. The molecule has 0 saturated heterocycles. The van der Waals surface area contributed by atoms with E-state index in [9.17, 15) is 19.2 Å². The summed E-state index contributed by atoms with van der Waals surface area (Å²) in [5.74, 6) is 1.72. The lowest BCUT2D eigenvalue weighted by Crippen LogP contribution is -2.29. The van der Waals surface area contributed by atoms with E-state index in [1.165, 1.54) is 22.0 Å². The van der Waals surface area contributed by atoms with Crippen molar-refractivity contribution in [2.75, 3.05) is 28.4 Å². The van der Waals surface area contributed by atoms with Gasteiger partial charge < -0.3 is 81.1 Å². The molecule has 686 valence electrons. The normalized spacial score (nSPS) is 10.7. The Morgan fingerprint density at radius 2 is 0.576 bits per heavy atom. The van der Waals surface area contributed by atoms with Crippen LogP contribution in [0.2, 0.25) is 0 Å². The van der Waals surface area contributed by atoms with Gasteiger partial charge in [-0.05, 0) is 258 Å². The molecule has 0 aliphatic carbocycles. The zero-order valence-corrected chi connectivity index (χ0v) is 81.5. The quantitative estimate of drug-likeness (QED) is 0.0300. The number of aromatic amines is 7. The van der Waals surface area contributed by atoms with Gasteiger partial charge >= 0.3 is 7.12 Å². The molecule has 0 radical (unpaired) electrons. The number of carbonyl (C=O) groups excluding carboxylic acids is 4. The second-order valence-corrected chi connectivity index (χ2v) is 35.6. The summed E-state index contributed by atoms with van der Waals surface area (Å²) in [7, 11) is 5.21. The minimum absolute atomic E-state index is 0.417. The number of carbonyl (C=O) groups is 4. The number of fused-ring (bicyclic) bond motifs is 7. The minimum atomic E-state index is -1.38. The summed E-state index contributed by atoms with van der Waals surface area (Å²) < 4.78 is 26.3. The number of nitrogens with zero attached hydrogens (tertiary/aromatic N) is 1. The van der Waals surface area contributed by atoms with E-state index in [1.54, 1.807) is 71.6 Å². The average molecular weight is 2090 g/mol. The van der Waals surface area contributed by atoms with Gasteiger partial charge in [0.1, 0.15) is 29.1 Å². The Kier molecular flexibility index (Phi) is 30.4. The fourth-order valence-electron chi connectivity index (χ4n) is 16.3. The van der Waals surface area contributed by atoms with Crippen LogP contribution >= 0.6 is 63.7 Å². The molecule has 139 heavy (non-hydrogen) atoms. The van der Waals surface area contributed by atoms with Gasteiger partial charge in [0.2, 0.25) is 0 Å². The number of hydrogen-bond acceptors (Lipinski definition) is 11. The average Bonchev–Trinajstić information content (AvgIpc) is 1.42. The highest BCUT2D eigenvalue weighted by molar-refractivity contribution is 9.11. The maximum atomic E-state index is 11.6. The van der Waals surface area contributed by atoms with Crippen molar-refractivity contribution in [1.29, 1.82) is 5.26 Å². The highest BCUT2D eigenvalue weighted by atomic mass is 79.9. The van der Waals surface area contributed by atoms with Crippen molar-refractivity contribution < 1.29 is 48.2 Å². The molecule has 7 heterocycles. The summed E-state index contributed by atoms with van der Waals surface area (Å²) in [4.78, 5) is 67.2. The maximum Gasteiger partial charge on any atom is 0.488 e. The third-order valence-electron chi connectivity index (χ3n) is 23.5. The number of hydrogen-bond donors (Lipinski definition) is 12. The van der Waals surface area contributed by atoms with Crippen LogP contribution in [-0.2, 0) is 0 Å². The summed E-state index contributed by atoms with van der Waals surface area (Å²) in [6.45, 7) is 0. The predicted molar refractivity (Wildman–Crippen MR) is 574 cm³/mol. The van der Waals surface area contributed by atoms with Gasteiger partial charge in [-0.2, -0.15) is 5.26 Å². The number of nitriles is 1. The van der Waals surface area contributed by atoms with Gasteiger partial charge in [0.05, 0.1) is 61.8 Å². The number of ether oxygens (including phenoxy) is 4. The van der Waals surface area contributed by atoms with Crippen LogP contribution in [-0.4, -0.2) is 105 Å². The fourth-order valence-corrected chi connectivity index (χ4v) is 17.3. The first-order valence-electron chi connectivity index (χ1n) is 43.5. The van der Waals surface area contributed by atoms with Gasteiger partial charge in [-0.25, -0.2) is 0 Å². The van der Waals surface area contributed by atoms with Crippen LogP contribution in [0.4, 0.5) is 0 Å². The Hall–Kier alpha value is -16.2. The number of nitrogens with two attached hydrogens (primary N) is 3. The minimum Gasteiger partial charge on any atom is -0.496 e. The highest BCUT2D eigenvalue weighted by Crippen LogP contribution is 2.43. The molecule has 3 amide bonds. The predicted octanol–water partition coefficient (Wildman–Crippen LogP) is 26.3. The number of amides is 3. The van der Waals surface area contributed by atoms with Crippen molar-refractivity contribution in [3.05, 3.63) is 411 Å². The molecule has 0 spiro atoms. The molecule has 0 saturated carbocycles. The molecule has 22 rings (SSSR count). The lowest BCUT2D eigenvalue weighted by Gasteiger charge is -2.13. The molecule has 0 atom stereocenters. The molecule has 0 aliphatic rings.